The molecule has 1 atom stereocenters. The van der Waals surface area contributed by atoms with Crippen LogP contribution in [0.1, 0.15) is 12.8 Å². The van der Waals surface area contributed by atoms with Gasteiger partial charge in [-0.1, -0.05) is 0 Å². The number of anilines is 1. The standard InChI is InChI=1S/C15H18F3N3O3/c16-15(17,18)24-12-5-3-11(4-6-12)20-13(22)9-21-7-1-2-10(8-21)14(19)23/h3-6,10H,1-2,7-9H2,(H2,19,23)(H,20,22)/t10-/m0/s1. The smallest absolute Gasteiger partial charge is 0.406 e. The molecule has 0 radical (unpaired) electrons. The molecule has 1 aliphatic heterocycles. The number of nitrogens with two attached hydrogens (primary N) is 1. The molecular formula is C15H18F3N3O3. The second kappa shape index (κ2) is 7.52. The maximum atomic E-state index is 12.1. The van der Waals surface area contributed by atoms with Gasteiger partial charge in [0.25, 0.3) is 0 Å². The number of nitrogens with zero attached hydrogens (tertiary/aromatic N) is 1. The molecule has 1 fully saturated rings. The summed E-state index contributed by atoms with van der Waals surface area (Å²) < 4.78 is 40.0. The van der Waals surface area contributed by atoms with Crippen molar-refractivity contribution in [1.29, 1.82) is 0 Å². The van der Waals surface area contributed by atoms with Crippen LogP contribution in [0.4, 0.5) is 18.9 Å². The van der Waals surface area contributed by atoms with Crippen LogP contribution in [0.3, 0.4) is 0 Å². The Labute approximate surface area is 136 Å². The highest BCUT2D eigenvalue weighted by Gasteiger charge is 2.31. The number of alkyl halides is 3. The zero-order valence-corrected chi connectivity index (χ0v) is 12.8. The molecule has 0 bridgehead atoms. The highest BCUT2D eigenvalue weighted by Crippen LogP contribution is 2.24. The molecule has 132 valence electrons. The van der Waals surface area contributed by atoms with Crippen molar-refractivity contribution >= 4 is 17.5 Å². The Morgan fingerprint density at radius 1 is 1.29 bits per heavy atom. The van der Waals surface area contributed by atoms with E-state index >= 15 is 0 Å². The van der Waals surface area contributed by atoms with Crippen molar-refractivity contribution in [1.82, 2.24) is 4.90 Å². The highest BCUT2D eigenvalue weighted by molar-refractivity contribution is 5.92. The number of ether oxygens (including phenoxy) is 1. The molecule has 0 saturated carbocycles. The Hall–Kier alpha value is -2.29. The Kier molecular flexibility index (Phi) is 5.66. The fraction of sp³-hybridized carbons (Fsp3) is 0.467. The third-order valence-corrected chi connectivity index (χ3v) is 3.65. The summed E-state index contributed by atoms with van der Waals surface area (Å²) in [5.74, 6) is -1.31. The summed E-state index contributed by atoms with van der Waals surface area (Å²) in [5, 5.41) is 2.59. The molecule has 1 saturated heterocycles. The van der Waals surface area contributed by atoms with E-state index in [0.29, 0.717) is 25.2 Å². The van der Waals surface area contributed by atoms with Crippen LogP contribution in [0, 0.1) is 5.92 Å². The lowest BCUT2D eigenvalue weighted by Crippen LogP contribution is -2.44. The van der Waals surface area contributed by atoms with Crippen LogP contribution < -0.4 is 15.8 Å². The maximum absolute atomic E-state index is 12.1. The molecule has 2 amide bonds. The van der Waals surface area contributed by atoms with E-state index in [9.17, 15) is 22.8 Å². The molecule has 1 aliphatic rings. The van der Waals surface area contributed by atoms with Crippen LogP contribution in [0.5, 0.6) is 5.75 Å². The van der Waals surface area contributed by atoms with E-state index in [1.54, 1.807) is 0 Å². The first kappa shape index (κ1) is 18.1. The van der Waals surface area contributed by atoms with E-state index in [0.717, 1.165) is 18.6 Å². The lowest BCUT2D eigenvalue weighted by Gasteiger charge is -2.30. The molecule has 0 spiro atoms. The zero-order chi connectivity index (χ0) is 17.7. The highest BCUT2D eigenvalue weighted by atomic mass is 19.4. The lowest BCUT2D eigenvalue weighted by atomic mass is 9.97. The van der Waals surface area contributed by atoms with E-state index in [1.807, 2.05) is 4.90 Å². The second-order valence-electron chi connectivity index (χ2n) is 5.60. The van der Waals surface area contributed by atoms with Crippen LogP contribution in [0.25, 0.3) is 0 Å². The van der Waals surface area contributed by atoms with Crippen LogP contribution in [-0.2, 0) is 9.59 Å². The molecule has 1 heterocycles. The van der Waals surface area contributed by atoms with E-state index in [1.165, 1.54) is 12.1 Å². The van der Waals surface area contributed by atoms with Crippen LogP contribution >= 0.6 is 0 Å². The van der Waals surface area contributed by atoms with E-state index in [4.69, 9.17) is 5.73 Å². The third-order valence-electron chi connectivity index (χ3n) is 3.65. The van der Waals surface area contributed by atoms with Crippen molar-refractivity contribution in [3.8, 4) is 5.75 Å². The number of rotatable bonds is 5. The predicted octanol–water partition coefficient (Wildman–Crippen LogP) is 1.72. The van der Waals surface area contributed by atoms with Gasteiger partial charge in [0.15, 0.2) is 0 Å². The van der Waals surface area contributed by atoms with Crippen LogP contribution in [0.15, 0.2) is 24.3 Å². The summed E-state index contributed by atoms with van der Waals surface area (Å²) in [6.45, 7) is 1.21. The van der Waals surface area contributed by atoms with Crippen molar-refractivity contribution < 1.29 is 27.5 Å². The summed E-state index contributed by atoms with van der Waals surface area (Å²) in [6.07, 6.45) is -3.26. The Morgan fingerprint density at radius 3 is 2.54 bits per heavy atom. The fourth-order valence-electron chi connectivity index (χ4n) is 2.57. The molecule has 0 aromatic heterocycles. The van der Waals surface area contributed by atoms with Crippen molar-refractivity contribution in [2.24, 2.45) is 11.7 Å². The van der Waals surface area contributed by atoms with Gasteiger partial charge in [-0.05, 0) is 43.7 Å². The number of likely N-dealkylation sites (tertiary alicyclic amines) is 1. The molecule has 6 nitrogen and oxygen atoms in total. The number of hydrogen-bond acceptors (Lipinski definition) is 4. The van der Waals surface area contributed by atoms with E-state index in [2.05, 4.69) is 10.1 Å². The van der Waals surface area contributed by atoms with Gasteiger partial charge in [-0.3, -0.25) is 14.5 Å². The van der Waals surface area contributed by atoms with Gasteiger partial charge < -0.3 is 15.8 Å². The average molecular weight is 345 g/mol. The number of primary amides is 1. The quantitative estimate of drug-likeness (QED) is 0.851. The topological polar surface area (TPSA) is 84.7 Å². The number of amides is 2. The minimum atomic E-state index is -4.75. The Morgan fingerprint density at radius 2 is 1.96 bits per heavy atom. The number of carbonyl (C=O) groups is 2. The summed E-state index contributed by atoms with van der Waals surface area (Å²) in [5.41, 5.74) is 5.64. The van der Waals surface area contributed by atoms with Crippen molar-refractivity contribution in [3.63, 3.8) is 0 Å². The first-order valence-electron chi connectivity index (χ1n) is 7.40. The van der Waals surface area contributed by atoms with E-state index < -0.39 is 6.36 Å². The molecule has 0 aliphatic carbocycles. The van der Waals surface area contributed by atoms with Gasteiger partial charge in [0.1, 0.15) is 5.75 Å². The molecular weight excluding hydrogens is 327 g/mol. The van der Waals surface area contributed by atoms with Crippen LogP contribution in [0.2, 0.25) is 0 Å². The Balaban J connectivity index is 1.85. The van der Waals surface area contributed by atoms with Crippen molar-refractivity contribution in [2.75, 3.05) is 25.0 Å². The fourth-order valence-corrected chi connectivity index (χ4v) is 2.57. The van der Waals surface area contributed by atoms with Gasteiger partial charge in [0, 0.05) is 12.2 Å². The van der Waals surface area contributed by atoms with Gasteiger partial charge in [-0.25, -0.2) is 0 Å². The largest absolute Gasteiger partial charge is 0.573 e. The lowest BCUT2D eigenvalue weighted by molar-refractivity contribution is -0.274. The first-order valence-corrected chi connectivity index (χ1v) is 7.40. The molecule has 3 N–H and O–H groups in total. The monoisotopic (exact) mass is 345 g/mol. The normalized spacial score (nSPS) is 18.9. The summed E-state index contributed by atoms with van der Waals surface area (Å²) in [6, 6.07) is 4.88. The Bertz CT molecular complexity index is 590. The number of benzene rings is 1. The zero-order valence-electron chi connectivity index (χ0n) is 12.8. The molecule has 24 heavy (non-hydrogen) atoms. The summed E-state index contributed by atoms with van der Waals surface area (Å²) >= 11 is 0. The van der Waals surface area contributed by atoms with Crippen molar-refractivity contribution in [3.05, 3.63) is 24.3 Å². The molecule has 1 aromatic rings. The predicted molar refractivity (Wildman–Crippen MR) is 80.1 cm³/mol. The van der Waals surface area contributed by atoms with Gasteiger partial charge in [0.2, 0.25) is 11.8 Å². The van der Waals surface area contributed by atoms with Gasteiger partial charge in [-0.2, -0.15) is 0 Å². The number of hydrogen-bond donors (Lipinski definition) is 2. The number of carbonyl (C=O) groups excluding carboxylic acids is 2. The summed E-state index contributed by atoms with van der Waals surface area (Å²) in [7, 11) is 0. The molecule has 1 aromatic carbocycles. The van der Waals surface area contributed by atoms with Gasteiger partial charge >= 0.3 is 6.36 Å². The van der Waals surface area contributed by atoms with Crippen molar-refractivity contribution in [2.45, 2.75) is 19.2 Å². The van der Waals surface area contributed by atoms with Gasteiger partial charge in [-0.15, -0.1) is 13.2 Å². The first-order chi connectivity index (χ1) is 11.2. The molecule has 2 rings (SSSR count). The number of halogens is 3. The second-order valence-corrected chi connectivity index (χ2v) is 5.60. The molecule has 9 heteroatoms. The van der Waals surface area contributed by atoms with E-state index in [-0.39, 0.29) is 30.0 Å². The minimum absolute atomic E-state index is 0.0879. The average Bonchev–Trinajstić information content (AvgIpc) is 2.48. The minimum Gasteiger partial charge on any atom is -0.406 e. The summed E-state index contributed by atoms with van der Waals surface area (Å²) in [4.78, 5) is 25.0. The maximum Gasteiger partial charge on any atom is 0.573 e. The number of piperidine rings is 1. The molecule has 0 unspecified atom stereocenters. The SMILES string of the molecule is NC(=O)[C@H]1CCCN(CC(=O)Nc2ccc(OC(F)(F)F)cc2)C1. The third kappa shape index (κ3) is 5.73. The number of nitrogens with one attached hydrogen (secondary N) is 1. The van der Waals surface area contributed by atoms with Gasteiger partial charge in [0.05, 0.1) is 12.5 Å². The van der Waals surface area contributed by atoms with Crippen LogP contribution in [-0.4, -0.2) is 42.7 Å².